The van der Waals surface area contributed by atoms with E-state index in [1.807, 2.05) is 42.5 Å². The van der Waals surface area contributed by atoms with Crippen molar-refractivity contribution in [2.24, 2.45) is 0 Å². The molecular weight excluding hydrogens is 274 g/mol. The number of aromatic nitrogens is 1. The molecule has 5 nitrogen and oxygen atoms in total. The summed E-state index contributed by atoms with van der Waals surface area (Å²) in [6.45, 7) is 0. The van der Waals surface area contributed by atoms with E-state index in [1.54, 1.807) is 12.1 Å². The van der Waals surface area contributed by atoms with Crippen LogP contribution < -0.4 is 15.6 Å². The van der Waals surface area contributed by atoms with E-state index in [2.05, 4.69) is 15.2 Å². The zero-order valence-electron chi connectivity index (χ0n) is 10.5. The summed E-state index contributed by atoms with van der Waals surface area (Å²) in [7, 11) is 0. The molecule has 0 fully saturated rings. The second-order valence-electron chi connectivity index (χ2n) is 4.08. The third-order valence-corrected chi connectivity index (χ3v) is 3.51. The molecule has 20 heavy (non-hydrogen) atoms. The highest BCUT2D eigenvalue weighted by Crippen LogP contribution is 2.25. The number of fused-ring (bicyclic) bond motifs is 1. The summed E-state index contributed by atoms with van der Waals surface area (Å²) < 4.78 is 10.6. The maximum atomic E-state index is 9.75. The summed E-state index contributed by atoms with van der Waals surface area (Å²) in [5.74, 6) is 1.25. The van der Waals surface area contributed by atoms with E-state index in [0.29, 0.717) is 11.6 Å². The first kappa shape index (κ1) is 12.9. The second-order valence-corrected chi connectivity index (χ2v) is 4.88. The molecule has 0 amide bonds. The molecule has 1 atom stereocenters. The minimum absolute atomic E-state index is 0.581. The molecule has 0 spiro atoms. The third-order valence-electron chi connectivity index (χ3n) is 2.68. The minimum Gasteiger partial charge on any atom is -0.450 e. The van der Waals surface area contributed by atoms with E-state index in [4.69, 9.17) is 4.74 Å². The van der Waals surface area contributed by atoms with Crippen LogP contribution in [-0.4, -0.2) is 15.9 Å². The number of para-hydroxylation sites is 1. The van der Waals surface area contributed by atoms with Gasteiger partial charge in [0.2, 0.25) is 0 Å². The van der Waals surface area contributed by atoms with E-state index < -0.39 is 6.41 Å². The lowest BCUT2D eigenvalue weighted by Crippen LogP contribution is -2.38. The molecule has 6 heteroatoms. The van der Waals surface area contributed by atoms with Crippen LogP contribution in [0.4, 0.5) is 5.82 Å². The first-order valence-electron chi connectivity index (χ1n) is 6.09. The highest BCUT2D eigenvalue weighted by Gasteiger charge is 2.08. The van der Waals surface area contributed by atoms with Gasteiger partial charge < -0.3 is 9.84 Å². The van der Waals surface area contributed by atoms with Gasteiger partial charge in [0.05, 0.1) is 4.70 Å². The van der Waals surface area contributed by atoms with Crippen LogP contribution in [0.5, 0.6) is 5.75 Å². The maximum Gasteiger partial charge on any atom is 0.273 e. The molecule has 0 aliphatic heterocycles. The highest BCUT2D eigenvalue weighted by molar-refractivity contribution is 7.13. The van der Waals surface area contributed by atoms with Crippen molar-refractivity contribution in [1.29, 1.82) is 0 Å². The van der Waals surface area contributed by atoms with Gasteiger partial charge >= 0.3 is 0 Å². The quantitative estimate of drug-likeness (QED) is 0.497. The number of benzene rings is 2. The first-order valence-corrected chi connectivity index (χ1v) is 6.86. The van der Waals surface area contributed by atoms with Crippen LogP contribution in [-0.2, 0) is 0 Å². The lowest BCUT2D eigenvalue weighted by Gasteiger charge is -2.15. The van der Waals surface area contributed by atoms with Gasteiger partial charge in [-0.25, -0.2) is 0 Å². The Morgan fingerprint density at radius 2 is 1.80 bits per heavy atom. The number of hydrogen-bond acceptors (Lipinski definition) is 6. The molecule has 0 aliphatic carbocycles. The monoisotopic (exact) mass is 287 g/mol. The molecule has 1 unspecified atom stereocenters. The molecule has 0 saturated heterocycles. The van der Waals surface area contributed by atoms with Crippen LogP contribution in [0.2, 0.25) is 0 Å². The molecule has 0 radical (unpaired) electrons. The highest BCUT2D eigenvalue weighted by atomic mass is 32.1. The number of aliphatic hydroxyl groups excluding tert-OH is 1. The van der Waals surface area contributed by atoms with Gasteiger partial charge in [0.25, 0.3) is 6.41 Å². The number of nitrogens with one attached hydrogen (secondary N) is 2. The fourth-order valence-electron chi connectivity index (χ4n) is 1.76. The van der Waals surface area contributed by atoms with Gasteiger partial charge in [0.15, 0.2) is 5.82 Å². The lowest BCUT2D eigenvalue weighted by atomic mass is 10.3. The average molecular weight is 287 g/mol. The molecule has 0 aliphatic rings. The zero-order valence-corrected chi connectivity index (χ0v) is 11.3. The van der Waals surface area contributed by atoms with Crippen molar-refractivity contribution in [3.05, 3.63) is 54.6 Å². The predicted octanol–water partition coefficient (Wildman–Crippen LogP) is 2.57. The summed E-state index contributed by atoms with van der Waals surface area (Å²) in [5, 5.41) is 10.8. The molecule has 3 N–H and O–H groups in total. The molecule has 102 valence electrons. The number of hydrogen-bond donors (Lipinski definition) is 3. The molecule has 3 rings (SSSR count). The summed E-state index contributed by atoms with van der Waals surface area (Å²) >= 11 is 1.39. The van der Waals surface area contributed by atoms with Gasteiger partial charge in [-0.15, -0.1) is 0 Å². The summed E-state index contributed by atoms with van der Waals surface area (Å²) in [5.41, 5.74) is 5.52. The first-order chi connectivity index (χ1) is 9.83. The SMILES string of the molecule is OC(NNc1nsc2ccccc12)Oc1ccccc1. The van der Waals surface area contributed by atoms with Gasteiger partial charge in [-0.3, -0.25) is 5.43 Å². The number of nitrogens with zero attached hydrogens (tertiary/aromatic N) is 1. The second kappa shape index (κ2) is 5.87. The Labute approximate surface area is 120 Å². The Bertz CT molecular complexity index is 687. The minimum atomic E-state index is -1.17. The molecule has 1 heterocycles. The van der Waals surface area contributed by atoms with Crippen LogP contribution in [0.3, 0.4) is 0 Å². The van der Waals surface area contributed by atoms with Gasteiger partial charge in [-0.1, -0.05) is 30.3 Å². The van der Waals surface area contributed by atoms with E-state index in [0.717, 1.165) is 10.1 Å². The molecule has 0 saturated carbocycles. The Morgan fingerprint density at radius 3 is 2.65 bits per heavy atom. The van der Waals surface area contributed by atoms with E-state index >= 15 is 0 Å². The van der Waals surface area contributed by atoms with Crippen molar-refractivity contribution in [2.75, 3.05) is 5.43 Å². The molecule has 3 aromatic rings. The standard InChI is InChI=1S/C14H13N3O2S/c18-14(19-10-6-2-1-3-7-10)16-15-13-11-8-4-5-9-12(11)20-17-13/h1-9,14,16,18H,(H,15,17). The van der Waals surface area contributed by atoms with E-state index in [-0.39, 0.29) is 0 Å². The summed E-state index contributed by atoms with van der Waals surface area (Å²) in [4.78, 5) is 0. The number of hydrazine groups is 1. The van der Waals surface area contributed by atoms with Gasteiger partial charge in [0, 0.05) is 5.39 Å². The van der Waals surface area contributed by atoms with Gasteiger partial charge in [-0.2, -0.15) is 9.80 Å². The van der Waals surface area contributed by atoms with Gasteiger partial charge in [0.1, 0.15) is 5.75 Å². The predicted molar refractivity (Wildman–Crippen MR) is 79.5 cm³/mol. The summed E-state index contributed by atoms with van der Waals surface area (Å²) in [6, 6.07) is 17.0. The number of anilines is 1. The smallest absolute Gasteiger partial charge is 0.273 e. The van der Waals surface area contributed by atoms with Crippen molar-refractivity contribution in [3.63, 3.8) is 0 Å². The van der Waals surface area contributed by atoms with Gasteiger partial charge in [-0.05, 0) is 35.8 Å². The van der Waals surface area contributed by atoms with Crippen LogP contribution >= 0.6 is 11.5 Å². The van der Waals surface area contributed by atoms with Crippen LogP contribution in [0.1, 0.15) is 0 Å². The van der Waals surface area contributed by atoms with Crippen molar-refractivity contribution >= 4 is 27.4 Å². The Hall–Kier alpha value is -2.15. The van der Waals surface area contributed by atoms with E-state index in [1.165, 1.54) is 11.5 Å². The van der Waals surface area contributed by atoms with Crippen LogP contribution in [0, 0.1) is 0 Å². The topological polar surface area (TPSA) is 66.4 Å². The lowest BCUT2D eigenvalue weighted by molar-refractivity contribution is -0.0382. The molecule has 1 aromatic heterocycles. The normalized spacial score (nSPS) is 12.2. The fraction of sp³-hybridized carbons (Fsp3) is 0.0714. The number of aliphatic hydroxyl groups is 1. The van der Waals surface area contributed by atoms with Crippen molar-refractivity contribution in [3.8, 4) is 5.75 Å². The van der Waals surface area contributed by atoms with Crippen LogP contribution in [0.25, 0.3) is 10.1 Å². The third kappa shape index (κ3) is 2.88. The van der Waals surface area contributed by atoms with Crippen molar-refractivity contribution in [1.82, 2.24) is 9.80 Å². The molecular formula is C14H13N3O2S. The number of rotatable bonds is 5. The summed E-state index contributed by atoms with van der Waals surface area (Å²) in [6.07, 6.45) is -1.17. The zero-order chi connectivity index (χ0) is 13.8. The number of ether oxygens (including phenoxy) is 1. The van der Waals surface area contributed by atoms with Crippen LogP contribution in [0.15, 0.2) is 54.6 Å². The molecule has 2 aromatic carbocycles. The van der Waals surface area contributed by atoms with E-state index in [9.17, 15) is 5.11 Å². The Morgan fingerprint density at radius 1 is 1.05 bits per heavy atom. The Balaban J connectivity index is 1.62. The van der Waals surface area contributed by atoms with Crippen molar-refractivity contribution < 1.29 is 9.84 Å². The largest absolute Gasteiger partial charge is 0.450 e. The maximum absolute atomic E-state index is 9.75. The average Bonchev–Trinajstić information content (AvgIpc) is 2.89. The van der Waals surface area contributed by atoms with Crippen molar-refractivity contribution in [2.45, 2.75) is 6.41 Å². The Kier molecular flexibility index (Phi) is 3.78. The molecule has 0 bridgehead atoms. The fourth-order valence-corrected chi connectivity index (χ4v) is 2.50.